The number of hydrogen-bond acceptors (Lipinski definition) is 4. The molecule has 86 valence electrons. The number of ether oxygens (including phenoxy) is 2. The Kier molecular flexibility index (Phi) is 4.05. The molecule has 1 aromatic carbocycles. The second-order valence-electron chi connectivity index (χ2n) is 3.39. The lowest BCUT2D eigenvalue weighted by atomic mass is 10.0. The quantitative estimate of drug-likeness (QED) is 0.572. The second kappa shape index (κ2) is 5.30. The number of aldehydes is 1. The Morgan fingerprint density at radius 3 is 2.56 bits per heavy atom. The molecule has 0 spiro atoms. The van der Waals surface area contributed by atoms with Crippen LogP contribution in [0.25, 0.3) is 0 Å². The Hall–Kier alpha value is -1.84. The van der Waals surface area contributed by atoms with Gasteiger partial charge in [-0.05, 0) is 24.1 Å². The van der Waals surface area contributed by atoms with Gasteiger partial charge in [-0.1, -0.05) is 6.07 Å². The summed E-state index contributed by atoms with van der Waals surface area (Å²) in [5, 5.41) is 0. The van der Waals surface area contributed by atoms with Crippen molar-refractivity contribution in [3.8, 4) is 5.75 Å². The molecule has 0 radical (unpaired) electrons. The van der Waals surface area contributed by atoms with E-state index in [4.69, 9.17) is 4.74 Å². The fourth-order valence-electron chi connectivity index (χ4n) is 1.47. The monoisotopic (exact) mass is 222 g/mol. The van der Waals surface area contributed by atoms with Gasteiger partial charge in [0.1, 0.15) is 12.0 Å². The first-order valence-corrected chi connectivity index (χ1v) is 4.82. The molecule has 0 atom stereocenters. The maximum atomic E-state index is 11.1. The lowest BCUT2D eigenvalue weighted by Crippen LogP contribution is -2.07. The van der Waals surface area contributed by atoms with E-state index in [9.17, 15) is 9.59 Å². The summed E-state index contributed by atoms with van der Waals surface area (Å²) in [6.07, 6.45) is 0.801. The standard InChI is InChI=1S/C12H14O4/c1-8-4-9(6-12(14)16-3)10(7-13)5-11(8)15-2/h4-5,7H,6H2,1-3H3. The largest absolute Gasteiger partial charge is 0.496 e. The Labute approximate surface area is 94.2 Å². The van der Waals surface area contributed by atoms with Gasteiger partial charge in [-0.3, -0.25) is 9.59 Å². The molecular formula is C12H14O4. The van der Waals surface area contributed by atoms with Crippen molar-refractivity contribution in [1.82, 2.24) is 0 Å². The van der Waals surface area contributed by atoms with E-state index in [0.717, 1.165) is 5.56 Å². The van der Waals surface area contributed by atoms with E-state index < -0.39 is 0 Å². The van der Waals surface area contributed by atoms with Crippen LogP contribution < -0.4 is 4.74 Å². The van der Waals surface area contributed by atoms with Crippen LogP contribution in [0, 0.1) is 6.92 Å². The van der Waals surface area contributed by atoms with Gasteiger partial charge in [-0.25, -0.2) is 0 Å². The van der Waals surface area contributed by atoms with E-state index in [1.807, 2.05) is 6.92 Å². The second-order valence-corrected chi connectivity index (χ2v) is 3.39. The lowest BCUT2D eigenvalue weighted by molar-refractivity contribution is -0.139. The number of methoxy groups -OCH3 is 2. The molecule has 4 heteroatoms. The molecule has 16 heavy (non-hydrogen) atoms. The molecule has 0 aliphatic rings. The van der Waals surface area contributed by atoms with Crippen molar-refractivity contribution in [3.05, 3.63) is 28.8 Å². The molecule has 0 saturated heterocycles. The number of hydrogen-bond donors (Lipinski definition) is 0. The van der Waals surface area contributed by atoms with Crippen molar-refractivity contribution in [3.63, 3.8) is 0 Å². The van der Waals surface area contributed by atoms with E-state index in [2.05, 4.69) is 4.74 Å². The van der Waals surface area contributed by atoms with Gasteiger partial charge in [0.25, 0.3) is 0 Å². The van der Waals surface area contributed by atoms with E-state index in [1.165, 1.54) is 14.2 Å². The van der Waals surface area contributed by atoms with Gasteiger partial charge in [-0.15, -0.1) is 0 Å². The van der Waals surface area contributed by atoms with Gasteiger partial charge in [0.15, 0.2) is 0 Å². The predicted molar refractivity (Wildman–Crippen MR) is 58.8 cm³/mol. The summed E-state index contributed by atoms with van der Waals surface area (Å²) in [7, 11) is 2.86. The third-order valence-electron chi connectivity index (χ3n) is 2.35. The molecule has 0 heterocycles. The summed E-state index contributed by atoms with van der Waals surface area (Å²) in [4.78, 5) is 22.0. The molecule has 0 N–H and O–H groups in total. The van der Waals surface area contributed by atoms with Gasteiger partial charge in [-0.2, -0.15) is 0 Å². The Morgan fingerprint density at radius 2 is 2.06 bits per heavy atom. The first-order chi connectivity index (χ1) is 7.62. The van der Waals surface area contributed by atoms with Crippen molar-refractivity contribution >= 4 is 12.3 Å². The summed E-state index contributed by atoms with van der Waals surface area (Å²) in [6.45, 7) is 1.86. The number of esters is 1. The molecule has 1 aromatic rings. The van der Waals surface area contributed by atoms with Crippen LogP contribution in [0.4, 0.5) is 0 Å². The zero-order valence-electron chi connectivity index (χ0n) is 9.57. The average molecular weight is 222 g/mol. The Bertz CT molecular complexity index is 410. The van der Waals surface area contributed by atoms with Crippen LogP contribution in [0.15, 0.2) is 12.1 Å². The maximum Gasteiger partial charge on any atom is 0.310 e. The summed E-state index contributed by atoms with van der Waals surface area (Å²) in [5.74, 6) is 0.267. The van der Waals surface area contributed by atoms with Gasteiger partial charge in [0, 0.05) is 5.56 Å². The van der Waals surface area contributed by atoms with E-state index in [-0.39, 0.29) is 12.4 Å². The number of rotatable bonds is 4. The minimum atomic E-state index is -0.368. The lowest BCUT2D eigenvalue weighted by Gasteiger charge is -2.09. The van der Waals surface area contributed by atoms with Gasteiger partial charge in [0.05, 0.1) is 20.6 Å². The topological polar surface area (TPSA) is 52.6 Å². The third kappa shape index (κ3) is 2.59. The first kappa shape index (κ1) is 12.2. The Morgan fingerprint density at radius 1 is 1.38 bits per heavy atom. The van der Waals surface area contributed by atoms with Gasteiger partial charge in [0.2, 0.25) is 0 Å². The minimum absolute atomic E-state index is 0.0927. The molecule has 1 rings (SSSR count). The highest BCUT2D eigenvalue weighted by Gasteiger charge is 2.11. The molecule has 0 saturated carbocycles. The molecule has 0 aromatic heterocycles. The average Bonchev–Trinajstić information content (AvgIpc) is 2.29. The number of carbonyl (C=O) groups excluding carboxylic acids is 2. The molecule has 0 aliphatic carbocycles. The zero-order valence-corrected chi connectivity index (χ0v) is 9.57. The summed E-state index contributed by atoms with van der Waals surface area (Å²) in [5.41, 5.74) is 1.99. The fourth-order valence-corrected chi connectivity index (χ4v) is 1.47. The van der Waals surface area contributed by atoms with Crippen molar-refractivity contribution in [1.29, 1.82) is 0 Å². The van der Waals surface area contributed by atoms with Crippen molar-refractivity contribution in [2.45, 2.75) is 13.3 Å². The summed E-state index contributed by atoms with van der Waals surface area (Å²) < 4.78 is 9.66. The number of carbonyl (C=O) groups is 2. The third-order valence-corrected chi connectivity index (χ3v) is 2.35. The van der Waals surface area contributed by atoms with Crippen molar-refractivity contribution in [2.24, 2.45) is 0 Å². The molecule has 0 amide bonds. The molecule has 4 nitrogen and oxygen atoms in total. The summed E-state index contributed by atoms with van der Waals surface area (Å²) >= 11 is 0. The molecule has 0 bridgehead atoms. The predicted octanol–water partition coefficient (Wildman–Crippen LogP) is 1.53. The van der Waals surface area contributed by atoms with Crippen LogP contribution in [0.3, 0.4) is 0 Å². The number of benzene rings is 1. The molecule has 0 fully saturated rings. The first-order valence-electron chi connectivity index (χ1n) is 4.82. The van der Waals surface area contributed by atoms with Crippen molar-refractivity contribution < 1.29 is 19.1 Å². The van der Waals surface area contributed by atoms with Crippen LogP contribution in [-0.2, 0) is 16.0 Å². The SMILES string of the molecule is COC(=O)Cc1cc(C)c(OC)cc1C=O. The van der Waals surface area contributed by atoms with Crippen LogP contribution in [0.1, 0.15) is 21.5 Å². The molecule has 0 unspecified atom stereocenters. The van der Waals surface area contributed by atoms with E-state index in [0.29, 0.717) is 23.2 Å². The normalized spacial score (nSPS) is 9.69. The highest BCUT2D eigenvalue weighted by atomic mass is 16.5. The highest BCUT2D eigenvalue weighted by Crippen LogP contribution is 2.22. The molecular weight excluding hydrogens is 208 g/mol. The summed E-state index contributed by atoms with van der Waals surface area (Å²) in [6, 6.07) is 3.39. The number of aryl methyl sites for hydroxylation is 1. The molecule has 0 aliphatic heterocycles. The zero-order chi connectivity index (χ0) is 12.1. The van der Waals surface area contributed by atoms with Crippen LogP contribution >= 0.6 is 0 Å². The maximum absolute atomic E-state index is 11.1. The van der Waals surface area contributed by atoms with E-state index >= 15 is 0 Å². The van der Waals surface area contributed by atoms with Crippen LogP contribution in [0.5, 0.6) is 5.75 Å². The van der Waals surface area contributed by atoms with Crippen LogP contribution in [-0.4, -0.2) is 26.5 Å². The van der Waals surface area contributed by atoms with E-state index in [1.54, 1.807) is 12.1 Å². The highest BCUT2D eigenvalue weighted by molar-refractivity contribution is 5.82. The van der Waals surface area contributed by atoms with Crippen molar-refractivity contribution in [2.75, 3.05) is 14.2 Å². The van der Waals surface area contributed by atoms with Gasteiger partial charge < -0.3 is 9.47 Å². The Balaban J connectivity index is 3.12. The van der Waals surface area contributed by atoms with Gasteiger partial charge >= 0.3 is 5.97 Å². The fraction of sp³-hybridized carbons (Fsp3) is 0.333. The smallest absolute Gasteiger partial charge is 0.310 e. The minimum Gasteiger partial charge on any atom is -0.496 e. The van der Waals surface area contributed by atoms with Crippen LogP contribution in [0.2, 0.25) is 0 Å².